The highest BCUT2D eigenvalue weighted by atomic mass is 16.5. The number of rotatable bonds is 6. The van der Waals surface area contributed by atoms with Crippen LogP contribution >= 0.6 is 0 Å². The second kappa shape index (κ2) is 10.3. The Balaban J connectivity index is 1.51. The number of benzene rings is 3. The molecule has 2 aliphatic rings. The molecule has 0 aliphatic carbocycles. The van der Waals surface area contributed by atoms with Crippen LogP contribution < -0.4 is 24.5 Å². The first-order valence-corrected chi connectivity index (χ1v) is 13.4. The molecule has 0 N–H and O–H groups in total. The van der Waals surface area contributed by atoms with Crippen molar-refractivity contribution in [1.29, 1.82) is 0 Å². The van der Waals surface area contributed by atoms with Crippen LogP contribution in [0.1, 0.15) is 53.2 Å². The summed E-state index contributed by atoms with van der Waals surface area (Å²) in [5.41, 5.74) is 2.65. The number of methoxy groups -OCH3 is 2. The van der Waals surface area contributed by atoms with E-state index in [9.17, 15) is 14.4 Å². The molecular formula is C33H29NO7. The molecule has 8 nitrogen and oxygen atoms in total. The van der Waals surface area contributed by atoms with Gasteiger partial charge in [-0.05, 0) is 66.1 Å². The van der Waals surface area contributed by atoms with Crippen LogP contribution in [0.25, 0.3) is 17.0 Å². The predicted molar refractivity (Wildman–Crippen MR) is 154 cm³/mol. The number of pyridine rings is 1. The number of hydrogen-bond donors (Lipinski definition) is 0. The monoisotopic (exact) mass is 551 g/mol. The highest BCUT2D eigenvalue weighted by Gasteiger charge is 2.39. The van der Waals surface area contributed by atoms with Gasteiger partial charge in [0.2, 0.25) is 5.78 Å². The van der Waals surface area contributed by atoms with Gasteiger partial charge in [0, 0.05) is 29.0 Å². The Morgan fingerprint density at radius 3 is 2.37 bits per heavy atom. The number of aromatic nitrogens is 1. The Bertz CT molecular complexity index is 1800. The van der Waals surface area contributed by atoms with Crippen molar-refractivity contribution in [3.63, 3.8) is 0 Å². The van der Waals surface area contributed by atoms with E-state index in [1.54, 1.807) is 49.1 Å². The SMILES string of the molecule is COc1ccc(/C=C2\Oc3c(ccc4c3C(c3cc5cc(OC)ccc5n(CC(C)C)c3=O)CC(=O)O4)C2=O)cc1. The van der Waals surface area contributed by atoms with Crippen LogP contribution in [-0.4, -0.2) is 30.5 Å². The van der Waals surface area contributed by atoms with Crippen molar-refractivity contribution < 1.29 is 28.5 Å². The van der Waals surface area contributed by atoms with E-state index in [1.165, 1.54) is 0 Å². The maximum Gasteiger partial charge on any atom is 0.312 e. The molecule has 2 aliphatic heterocycles. The van der Waals surface area contributed by atoms with E-state index in [2.05, 4.69) is 0 Å². The highest BCUT2D eigenvalue weighted by molar-refractivity contribution is 6.15. The first-order valence-electron chi connectivity index (χ1n) is 13.4. The molecule has 3 heterocycles. The average Bonchev–Trinajstić information content (AvgIpc) is 3.28. The number of fused-ring (bicyclic) bond motifs is 4. The molecule has 4 aromatic rings. The molecule has 1 aromatic heterocycles. The standard InChI is InChI=1S/C33H29NO7/c1-18(2)17-34-26-11-9-22(39-4)14-20(26)15-25(33(34)37)24-16-29(35)40-27-12-10-23-31(36)28(41-32(23)30(24)27)13-19-5-7-21(38-3)8-6-19/h5-15,18,24H,16-17H2,1-4H3/b28-13-. The molecule has 1 atom stereocenters. The van der Waals surface area contributed by atoms with E-state index >= 15 is 0 Å². The zero-order valence-corrected chi connectivity index (χ0v) is 23.2. The van der Waals surface area contributed by atoms with Crippen LogP contribution in [0.15, 0.2) is 71.2 Å². The zero-order valence-electron chi connectivity index (χ0n) is 23.2. The number of Topliss-reactive ketones (excluding diaryl/α,β-unsaturated/α-hetero) is 1. The molecule has 1 unspecified atom stereocenters. The van der Waals surface area contributed by atoms with E-state index in [1.807, 2.05) is 50.2 Å². The summed E-state index contributed by atoms with van der Waals surface area (Å²) in [6.07, 6.45) is 1.60. The minimum absolute atomic E-state index is 0.0646. The second-order valence-corrected chi connectivity index (χ2v) is 10.6. The van der Waals surface area contributed by atoms with Gasteiger partial charge in [-0.25, -0.2) is 0 Å². The van der Waals surface area contributed by atoms with Gasteiger partial charge in [0.15, 0.2) is 5.76 Å². The summed E-state index contributed by atoms with van der Waals surface area (Å²) < 4.78 is 24.2. The molecule has 8 heteroatoms. The Hall–Kier alpha value is -4.85. The number of carbonyl (C=O) groups excluding carboxylic acids is 2. The van der Waals surface area contributed by atoms with E-state index in [0.29, 0.717) is 40.5 Å². The first kappa shape index (κ1) is 26.4. The molecule has 0 spiro atoms. The second-order valence-electron chi connectivity index (χ2n) is 10.6. The molecule has 0 fully saturated rings. The van der Waals surface area contributed by atoms with Crippen LogP contribution in [0.2, 0.25) is 0 Å². The van der Waals surface area contributed by atoms with Gasteiger partial charge >= 0.3 is 5.97 Å². The topological polar surface area (TPSA) is 93.1 Å². The normalized spacial score (nSPS) is 16.9. The van der Waals surface area contributed by atoms with Gasteiger partial charge in [-0.3, -0.25) is 14.4 Å². The van der Waals surface area contributed by atoms with Crippen molar-refractivity contribution in [3.05, 3.63) is 99.0 Å². The fourth-order valence-corrected chi connectivity index (χ4v) is 5.53. The summed E-state index contributed by atoms with van der Waals surface area (Å²) >= 11 is 0. The Kier molecular flexibility index (Phi) is 6.61. The zero-order chi connectivity index (χ0) is 28.8. The van der Waals surface area contributed by atoms with Crippen molar-refractivity contribution in [2.24, 2.45) is 5.92 Å². The molecule has 0 amide bonds. The van der Waals surface area contributed by atoms with E-state index < -0.39 is 11.9 Å². The van der Waals surface area contributed by atoms with Crippen molar-refractivity contribution in [2.45, 2.75) is 32.7 Å². The molecule has 0 saturated carbocycles. The summed E-state index contributed by atoms with van der Waals surface area (Å²) in [7, 11) is 3.18. The maximum atomic E-state index is 14.1. The molecule has 0 saturated heterocycles. The van der Waals surface area contributed by atoms with Crippen molar-refractivity contribution >= 4 is 28.7 Å². The molecular weight excluding hydrogens is 522 g/mol. The number of nitrogens with zero attached hydrogens (tertiary/aromatic N) is 1. The number of hydrogen-bond acceptors (Lipinski definition) is 7. The lowest BCUT2D eigenvalue weighted by Gasteiger charge is -2.27. The first-order chi connectivity index (χ1) is 19.8. The third-order valence-corrected chi connectivity index (χ3v) is 7.44. The fraction of sp³-hybridized carbons (Fsp3) is 0.242. The van der Waals surface area contributed by atoms with Crippen LogP contribution in [0.3, 0.4) is 0 Å². The van der Waals surface area contributed by atoms with Gasteiger partial charge in [0.1, 0.15) is 23.0 Å². The average molecular weight is 552 g/mol. The molecule has 0 radical (unpaired) electrons. The van der Waals surface area contributed by atoms with Crippen molar-refractivity contribution in [2.75, 3.05) is 14.2 Å². The molecule has 0 bridgehead atoms. The third kappa shape index (κ3) is 4.65. The summed E-state index contributed by atoms with van der Waals surface area (Å²) in [4.78, 5) is 40.3. The van der Waals surface area contributed by atoms with Crippen LogP contribution in [0, 0.1) is 5.92 Å². The summed E-state index contributed by atoms with van der Waals surface area (Å²) in [5, 5.41) is 0.810. The molecule has 208 valence electrons. The third-order valence-electron chi connectivity index (χ3n) is 7.44. The van der Waals surface area contributed by atoms with E-state index in [-0.39, 0.29) is 35.2 Å². The smallest absolute Gasteiger partial charge is 0.312 e. The minimum Gasteiger partial charge on any atom is -0.497 e. The highest BCUT2D eigenvalue weighted by Crippen LogP contribution is 2.48. The van der Waals surface area contributed by atoms with Crippen LogP contribution in [-0.2, 0) is 11.3 Å². The summed E-state index contributed by atoms with van der Waals surface area (Å²) in [5.74, 6) is 0.886. The molecule has 6 rings (SSSR count). The van der Waals surface area contributed by atoms with Crippen molar-refractivity contribution in [1.82, 2.24) is 4.57 Å². The van der Waals surface area contributed by atoms with Crippen LogP contribution in [0.5, 0.6) is 23.0 Å². The number of esters is 1. The lowest BCUT2D eigenvalue weighted by molar-refractivity contribution is -0.135. The number of ketones is 1. The fourth-order valence-electron chi connectivity index (χ4n) is 5.53. The van der Waals surface area contributed by atoms with Gasteiger partial charge in [0.05, 0.1) is 31.7 Å². The molecule has 41 heavy (non-hydrogen) atoms. The van der Waals surface area contributed by atoms with Gasteiger partial charge in [-0.1, -0.05) is 26.0 Å². The Morgan fingerprint density at radius 1 is 0.927 bits per heavy atom. The minimum atomic E-state index is -0.671. The quantitative estimate of drug-likeness (QED) is 0.172. The van der Waals surface area contributed by atoms with E-state index in [4.69, 9.17) is 18.9 Å². The summed E-state index contributed by atoms with van der Waals surface area (Å²) in [6, 6.07) is 17.8. The Morgan fingerprint density at radius 2 is 1.66 bits per heavy atom. The largest absolute Gasteiger partial charge is 0.497 e. The van der Waals surface area contributed by atoms with Crippen molar-refractivity contribution in [3.8, 4) is 23.0 Å². The predicted octanol–water partition coefficient (Wildman–Crippen LogP) is 5.73. The summed E-state index contributed by atoms with van der Waals surface area (Å²) in [6.45, 7) is 4.59. The van der Waals surface area contributed by atoms with Gasteiger partial charge in [-0.15, -0.1) is 0 Å². The number of carbonyl (C=O) groups is 2. The lowest BCUT2D eigenvalue weighted by Crippen LogP contribution is -2.31. The number of allylic oxidation sites excluding steroid dienone is 1. The van der Waals surface area contributed by atoms with Gasteiger partial charge in [0.25, 0.3) is 5.56 Å². The van der Waals surface area contributed by atoms with E-state index in [0.717, 1.165) is 16.5 Å². The maximum absolute atomic E-state index is 14.1. The van der Waals surface area contributed by atoms with Gasteiger partial charge in [-0.2, -0.15) is 0 Å². The number of ether oxygens (including phenoxy) is 4. The van der Waals surface area contributed by atoms with Crippen LogP contribution in [0.4, 0.5) is 0 Å². The molecule has 3 aromatic carbocycles. The Labute approximate surface area is 236 Å². The van der Waals surface area contributed by atoms with Gasteiger partial charge < -0.3 is 23.5 Å². The lowest BCUT2D eigenvalue weighted by atomic mass is 9.84.